The van der Waals surface area contributed by atoms with E-state index in [9.17, 15) is 27.5 Å². The predicted molar refractivity (Wildman–Crippen MR) is 98.9 cm³/mol. The standard InChI is InChI=1S/C20H16F4N4O2/c1-11-9-28-16(10-27(11)19(29)30)17(12-4-6-25-7-5-12)18(26-28)14-3-2-13(8-15(14)21)20(22,23)24/h2-8,11H,9-10H2,1H3,(H,29,30). The zero-order valence-corrected chi connectivity index (χ0v) is 15.7. The number of hydrogen-bond donors (Lipinski definition) is 1. The second-order valence-corrected chi connectivity index (χ2v) is 7.04. The zero-order valence-electron chi connectivity index (χ0n) is 15.7. The lowest BCUT2D eigenvalue weighted by atomic mass is 9.97. The van der Waals surface area contributed by atoms with Crippen molar-refractivity contribution in [2.24, 2.45) is 0 Å². The Morgan fingerprint density at radius 1 is 1.20 bits per heavy atom. The largest absolute Gasteiger partial charge is 0.465 e. The maximum atomic E-state index is 14.7. The van der Waals surface area contributed by atoms with Crippen molar-refractivity contribution in [3.63, 3.8) is 0 Å². The summed E-state index contributed by atoms with van der Waals surface area (Å²) < 4.78 is 55.1. The lowest BCUT2D eigenvalue weighted by Gasteiger charge is -2.32. The number of aromatic nitrogens is 3. The summed E-state index contributed by atoms with van der Waals surface area (Å²) in [5.41, 5.74) is 0.586. The molecular weight excluding hydrogens is 404 g/mol. The first-order valence-corrected chi connectivity index (χ1v) is 9.03. The summed E-state index contributed by atoms with van der Waals surface area (Å²) in [6.07, 6.45) is -2.73. The minimum absolute atomic E-state index is 0.0173. The van der Waals surface area contributed by atoms with Crippen LogP contribution in [-0.2, 0) is 19.3 Å². The van der Waals surface area contributed by atoms with Crippen LogP contribution in [-0.4, -0.2) is 36.9 Å². The molecular formula is C20H16F4N4O2. The van der Waals surface area contributed by atoms with Gasteiger partial charge in [0.15, 0.2) is 0 Å². The third-order valence-electron chi connectivity index (χ3n) is 5.11. The number of carboxylic acid groups (broad SMARTS) is 1. The van der Waals surface area contributed by atoms with E-state index in [1.807, 2.05) is 0 Å². The van der Waals surface area contributed by atoms with E-state index in [-0.39, 0.29) is 30.4 Å². The molecule has 0 spiro atoms. The molecule has 0 bridgehead atoms. The maximum absolute atomic E-state index is 14.7. The Morgan fingerprint density at radius 3 is 2.50 bits per heavy atom. The fourth-order valence-electron chi connectivity index (χ4n) is 3.62. The van der Waals surface area contributed by atoms with Crippen LogP contribution in [0.15, 0.2) is 42.7 Å². The Labute approximate surface area is 168 Å². The number of rotatable bonds is 2. The number of nitrogens with zero attached hydrogens (tertiary/aromatic N) is 4. The molecule has 1 aromatic carbocycles. The number of amides is 1. The Morgan fingerprint density at radius 2 is 1.90 bits per heavy atom. The summed E-state index contributed by atoms with van der Waals surface area (Å²) in [4.78, 5) is 16.8. The van der Waals surface area contributed by atoms with Crippen LogP contribution in [0.5, 0.6) is 0 Å². The fraction of sp³-hybridized carbons (Fsp3) is 0.250. The highest BCUT2D eigenvalue weighted by molar-refractivity contribution is 5.83. The highest BCUT2D eigenvalue weighted by Crippen LogP contribution is 2.39. The monoisotopic (exact) mass is 420 g/mol. The normalized spacial score (nSPS) is 16.4. The van der Waals surface area contributed by atoms with E-state index in [1.54, 1.807) is 23.7 Å². The van der Waals surface area contributed by atoms with Gasteiger partial charge in [0.05, 0.1) is 30.4 Å². The molecule has 0 radical (unpaired) electrons. The molecule has 1 N–H and O–H groups in total. The van der Waals surface area contributed by atoms with Crippen LogP contribution in [0.25, 0.3) is 22.4 Å². The molecule has 4 rings (SSSR count). The minimum atomic E-state index is -4.67. The van der Waals surface area contributed by atoms with Gasteiger partial charge in [0.1, 0.15) is 11.5 Å². The van der Waals surface area contributed by atoms with Crippen LogP contribution in [0, 0.1) is 5.82 Å². The van der Waals surface area contributed by atoms with Crippen molar-refractivity contribution in [2.45, 2.75) is 32.2 Å². The number of pyridine rings is 1. The number of carbonyl (C=O) groups is 1. The van der Waals surface area contributed by atoms with Gasteiger partial charge in [-0.15, -0.1) is 0 Å². The van der Waals surface area contributed by atoms with Gasteiger partial charge < -0.3 is 5.11 Å². The molecule has 0 saturated carbocycles. The van der Waals surface area contributed by atoms with Gasteiger partial charge in [0.25, 0.3) is 0 Å². The van der Waals surface area contributed by atoms with E-state index in [0.29, 0.717) is 22.9 Å². The van der Waals surface area contributed by atoms with Crippen molar-refractivity contribution in [2.75, 3.05) is 0 Å². The van der Waals surface area contributed by atoms with E-state index in [0.717, 1.165) is 12.1 Å². The molecule has 3 heterocycles. The number of halogens is 4. The topological polar surface area (TPSA) is 71.2 Å². The average Bonchev–Trinajstić information content (AvgIpc) is 3.04. The van der Waals surface area contributed by atoms with Gasteiger partial charge in [0.2, 0.25) is 0 Å². The minimum Gasteiger partial charge on any atom is -0.465 e. The van der Waals surface area contributed by atoms with Crippen molar-refractivity contribution >= 4 is 6.09 Å². The molecule has 1 aliphatic heterocycles. The summed E-state index contributed by atoms with van der Waals surface area (Å²) in [7, 11) is 0. The highest BCUT2D eigenvalue weighted by atomic mass is 19.4. The van der Waals surface area contributed by atoms with Gasteiger partial charge in [-0.25, -0.2) is 9.18 Å². The second kappa shape index (κ2) is 7.12. The summed E-state index contributed by atoms with van der Waals surface area (Å²) in [5, 5.41) is 13.9. The van der Waals surface area contributed by atoms with E-state index in [2.05, 4.69) is 10.1 Å². The molecule has 30 heavy (non-hydrogen) atoms. The summed E-state index contributed by atoms with van der Waals surface area (Å²) in [5.74, 6) is -1.06. The summed E-state index contributed by atoms with van der Waals surface area (Å²) >= 11 is 0. The molecule has 6 nitrogen and oxygen atoms in total. The van der Waals surface area contributed by atoms with E-state index >= 15 is 0 Å². The molecule has 3 aromatic rings. The van der Waals surface area contributed by atoms with Gasteiger partial charge >= 0.3 is 12.3 Å². The van der Waals surface area contributed by atoms with Gasteiger partial charge in [-0.1, -0.05) is 0 Å². The lowest BCUT2D eigenvalue weighted by Crippen LogP contribution is -2.44. The maximum Gasteiger partial charge on any atom is 0.416 e. The second-order valence-electron chi connectivity index (χ2n) is 7.04. The molecule has 1 unspecified atom stereocenters. The first kappa shape index (κ1) is 19.9. The van der Waals surface area contributed by atoms with Crippen molar-refractivity contribution in [1.29, 1.82) is 0 Å². The van der Waals surface area contributed by atoms with Crippen LogP contribution in [0.2, 0.25) is 0 Å². The number of fused-ring (bicyclic) bond motifs is 1. The average molecular weight is 420 g/mol. The van der Waals surface area contributed by atoms with Gasteiger partial charge in [0, 0.05) is 23.5 Å². The van der Waals surface area contributed by atoms with Crippen LogP contribution in [0.3, 0.4) is 0 Å². The van der Waals surface area contributed by atoms with Crippen LogP contribution >= 0.6 is 0 Å². The molecule has 1 amide bonds. The first-order valence-electron chi connectivity index (χ1n) is 9.03. The van der Waals surface area contributed by atoms with Gasteiger partial charge in [-0.3, -0.25) is 14.6 Å². The first-order chi connectivity index (χ1) is 14.2. The Balaban J connectivity index is 1.92. The molecule has 2 aromatic heterocycles. The van der Waals surface area contributed by atoms with Crippen molar-refractivity contribution < 1.29 is 27.5 Å². The van der Waals surface area contributed by atoms with Crippen molar-refractivity contribution in [3.8, 4) is 22.4 Å². The van der Waals surface area contributed by atoms with Crippen LogP contribution in [0.1, 0.15) is 18.2 Å². The molecule has 1 atom stereocenters. The van der Waals surface area contributed by atoms with E-state index < -0.39 is 23.7 Å². The fourth-order valence-corrected chi connectivity index (χ4v) is 3.62. The molecule has 1 aliphatic rings. The SMILES string of the molecule is CC1Cn2nc(-c3ccc(C(F)(F)F)cc3F)c(-c3ccncc3)c2CN1C(=O)O. The van der Waals surface area contributed by atoms with Gasteiger partial charge in [-0.05, 0) is 42.8 Å². The molecule has 10 heteroatoms. The lowest BCUT2D eigenvalue weighted by molar-refractivity contribution is -0.137. The highest BCUT2D eigenvalue weighted by Gasteiger charge is 2.34. The zero-order chi connectivity index (χ0) is 21.6. The molecule has 0 saturated heterocycles. The van der Waals surface area contributed by atoms with Crippen molar-refractivity contribution in [1.82, 2.24) is 19.7 Å². The number of alkyl halides is 3. The number of benzene rings is 1. The third kappa shape index (κ3) is 3.38. The molecule has 156 valence electrons. The van der Waals surface area contributed by atoms with Crippen LogP contribution in [0.4, 0.5) is 22.4 Å². The quantitative estimate of drug-likeness (QED) is 0.613. The molecule has 0 fully saturated rings. The summed E-state index contributed by atoms with van der Waals surface area (Å²) in [6, 6.07) is 5.25. The molecule has 0 aliphatic carbocycles. The van der Waals surface area contributed by atoms with Crippen LogP contribution < -0.4 is 0 Å². The van der Waals surface area contributed by atoms with E-state index in [4.69, 9.17) is 0 Å². The van der Waals surface area contributed by atoms with Gasteiger partial charge in [-0.2, -0.15) is 18.3 Å². The number of hydrogen-bond acceptors (Lipinski definition) is 3. The smallest absolute Gasteiger partial charge is 0.416 e. The van der Waals surface area contributed by atoms with Crippen molar-refractivity contribution in [3.05, 3.63) is 59.8 Å². The summed E-state index contributed by atoms with van der Waals surface area (Å²) in [6.45, 7) is 1.98. The Bertz CT molecular complexity index is 1110. The third-order valence-corrected chi connectivity index (χ3v) is 5.11. The predicted octanol–water partition coefficient (Wildman–Crippen LogP) is 4.65. The van der Waals surface area contributed by atoms with E-state index in [1.165, 1.54) is 17.3 Å². The Kier molecular flexibility index (Phi) is 4.71. The Hall–Kier alpha value is -3.43.